The fourth-order valence-electron chi connectivity index (χ4n) is 2.56. The SMILES string of the molecule is CC(=O)N(CC(=O)Nc1ccc2c(c1)OCCO2)c1c(Cl)cccc1Cl. The minimum atomic E-state index is -0.395. The summed E-state index contributed by atoms with van der Waals surface area (Å²) < 4.78 is 10.9. The molecule has 1 aliphatic heterocycles. The number of fused-ring (bicyclic) bond motifs is 1. The number of nitrogens with zero attached hydrogens (tertiary/aromatic N) is 1. The lowest BCUT2D eigenvalue weighted by Gasteiger charge is -2.23. The summed E-state index contributed by atoms with van der Waals surface area (Å²) in [5.41, 5.74) is 0.841. The fourth-order valence-corrected chi connectivity index (χ4v) is 3.16. The highest BCUT2D eigenvalue weighted by Crippen LogP contribution is 2.34. The minimum absolute atomic E-state index is 0.229. The highest BCUT2D eigenvalue weighted by molar-refractivity contribution is 6.40. The number of nitrogens with one attached hydrogen (secondary N) is 1. The van der Waals surface area contributed by atoms with Crippen LogP contribution in [0.1, 0.15) is 6.92 Å². The van der Waals surface area contributed by atoms with Crippen LogP contribution in [0.2, 0.25) is 10.0 Å². The molecule has 0 saturated carbocycles. The fraction of sp³-hybridized carbons (Fsp3) is 0.222. The number of rotatable bonds is 4. The maximum atomic E-state index is 12.4. The molecule has 136 valence electrons. The van der Waals surface area contributed by atoms with E-state index in [2.05, 4.69) is 5.32 Å². The number of anilines is 2. The third kappa shape index (κ3) is 4.03. The molecular weight excluding hydrogens is 379 g/mol. The van der Waals surface area contributed by atoms with Gasteiger partial charge < -0.3 is 19.7 Å². The predicted octanol–water partition coefficient (Wildman–Crippen LogP) is 3.76. The molecule has 2 aromatic carbocycles. The Kier molecular flexibility index (Phi) is 5.54. The topological polar surface area (TPSA) is 67.9 Å². The van der Waals surface area contributed by atoms with Crippen molar-refractivity contribution in [1.82, 2.24) is 0 Å². The summed E-state index contributed by atoms with van der Waals surface area (Å²) in [6.07, 6.45) is 0. The number of benzene rings is 2. The van der Waals surface area contributed by atoms with Crippen LogP contribution in [0.25, 0.3) is 0 Å². The lowest BCUT2D eigenvalue weighted by atomic mass is 10.2. The van der Waals surface area contributed by atoms with Crippen molar-refractivity contribution in [2.45, 2.75) is 6.92 Å². The second-order valence-electron chi connectivity index (χ2n) is 5.58. The van der Waals surface area contributed by atoms with Crippen molar-refractivity contribution in [3.63, 3.8) is 0 Å². The Morgan fingerprint density at radius 2 is 1.73 bits per heavy atom. The zero-order valence-corrected chi connectivity index (χ0v) is 15.4. The average Bonchev–Trinajstić information content (AvgIpc) is 2.60. The van der Waals surface area contributed by atoms with Crippen LogP contribution >= 0.6 is 23.2 Å². The van der Waals surface area contributed by atoms with E-state index in [9.17, 15) is 9.59 Å². The minimum Gasteiger partial charge on any atom is -0.486 e. The third-order valence-electron chi connectivity index (χ3n) is 3.72. The molecule has 8 heteroatoms. The summed E-state index contributed by atoms with van der Waals surface area (Å²) in [5, 5.41) is 3.31. The Balaban J connectivity index is 1.76. The Bertz CT molecular complexity index is 837. The largest absolute Gasteiger partial charge is 0.486 e. The number of halogens is 2. The molecule has 0 unspecified atom stereocenters. The van der Waals surface area contributed by atoms with Crippen molar-refractivity contribution < 1.29 is 19.1 Å². The molecule has 3 rings (SSSR count). The van der Waals surface area contributed by atoms with Crippen molar-refractivity contribution in [2.75, 3.05) is 30.0 Å². The van der Waals surface area contributed by atoms with E-state index in [0.29, 0.717) is 46.1 Å². The number of para-hydroxylation sites is 1. The summed E-state index contributed by atoms with van der Waals surface area (Å²) >= 11 is 12.3. The van der Waals surface area contributed by atoms with Gasteiger partial charge in [0.05, 0.1) is 15.7 Å². The van der Waals surface area contributed by atoms with Crippen molar-refractivity contribution in [1.29, 1.82) is 0 Å². The van der Waals surface area contributed by atoms with Crippen LogP contribution in [0.4, 0.5) is 11.4 Å². The van der Waals surface area contributed by atoms with Crippen LogP contribution in [0.15, 0.2) is 36.4 Å². The number of carbonyl (C=O) groups is 2. The van der Waals surface area contributed by atoms with Crippen LogP contribution in [0, 0.1) is 0 Å². The molecule has 1 N–H and O–H groups in total. The van der Waals surface area contributed by atoms with Gasteiger partial charge in [-0.3, -0.25) is 9.59 Å². The van der Waals surface area contributed by atoms with Crippen molar-refractivity contribution in [3.8, 4) is 11.5 Å². The highest BCUT2D eigenvalue weighted by Gasteiger charge is 2.21. The van der Waals surface area contributed by atoms with E-state index in [1.807, 2.05) is 0 Å². The molecule has 0 saturated heterocycles. The first-order valence-electron chi connectivity index (χ1n) is 7.87. The Hall–Kier alpha value is -2.44. The van der Waals surface area contributed by atoms with E-state index in [1.54, 1.807) is 36.4 Å². The van der Waals surface area contributed by atoms with Gasteiger partial charge in [0, 0.05) is 18.7 Å². The molecular formula is C18H16Cl2N2O4. The lowest BCUT2D eigenvalue weighted by molar-refractivity contribution is -0.120. The first kappa shape index (κ1) is 18.4. The number of hydrogen-bond acceptors (Lipinski definition) is 4. The molecule has 0 spiro atoms. The average molecular weight is 395 g/mol. The van der Waals surface area contributed by atoms with Gasteiger partial charge in [0.2, 0.25) is 11.8 Å². The maximum Gasteiger partial charge on any atom is 0.244 e. The number of carbonyl (C=O) groups excluding carboxylic acids is 2. The monoisotopic (exact) mass is 394 g/mol. The van der Waals surface area contributed by atoms with Crippen molar-refractivity contribution in [2.24, 2.45) is 0 Å². The van der Waals surface area contributed by atoms with Gasteiger partial charge in [0.15, 0.2) is 11.5 Å². The predicted molar refractivity (Wildman–Crippen MR) is 101 cm³/mol. The van der Waals surface area contributed by atoms with Gasteiger partial charge in [0.1, 0.15) is 19.8 Å². The molecule has 0 radical (unpaired) electrons. The van der Waals surface area contributed by atoms with Gasteiger partial charge in [-0.1, -0.05) is 29.3 Å². The summed E-state index contributed by atoms with van der Waals surface area (Å²) in [7, 11) is 0. The van der Waals surface area contributed by atoms with Gasteiger partial charge in [-0.05, 0) is 24.3 Å². The van der Waals surface area contributed by atoms with E-state index in [4.69, 9.17) is 32.7 Å². The second kappa shape index (κ2) is 7.85. The van der Waals surface area contributed by atoms with Gasteiger partial charge >= 0.3 is 0 Å². The Morgan fingerprint density at radius 3 is 2.38 bits per heavy atom. The Morgan fingerprint density at radius 1 is 1.08 bits per heavy atom. The van der Waals surface area contributed by atoms with E-state index < -0.39 is 5.91 Å². The number of amides is 2. The first-order chi connectivity index (χ1) is 12.5. The molecule has 0 fully saturated rings. The quantitative estimate of drug-likeness (QED) is 0.856. The molecule has 1 heterocycles. The summed E-state index contributed by atoms with van der Waals surface area (Å²) in [5.74, 6) is 0.444. The van der Waals surface area contributed by atoms with E-state index in [1.165, 1.54) is 11.8 Å². The number of ether oxygens (including phenoxy) is 2. The molecule has 6 nitrogen and oxygen atoms in total. The molecule has 2 aromatic rings. The normalized spacial score (nSPS) is 12.4. The molecule has 0 atom stereocenters. The molecule has 2 amide bonds. The Labute approximate surface area is 160 Å². The molecule has 0 aromatic heterocycles. The second-order valence-corrected chi connectivity index (χ2v) is 6.40. The van der Waals surface area contributed by atoms with Crippen LogP contribution in [-0.4, -0.2) is 31.6 Å². The third-order valence-corrected chi connectivity index (χ3v) is 4.33. The highest BCUT2D eigenvalue weighted by atomic mass is 35.5. The standard InChI is InChI=1S/C18H16Cl2N2O4/c1-11(23)22(18-13(19)3-2-4-14(18)20)10-17(24)21-12-5-6-15-16(9-12)26-8-7-25-15/h2-6,9H,7-8,10H2,1H3,(H,21,24). The van der Waals surface area contributed by atoms with Crippen LogP contribution in [0.3, 0.4) is 0 Å². The van der Waals surface area contributed by atoms with E-state index >= 15 is 0 Å². The lowest BCUT2D eigenvalue weighted by Crippen LogP contribution is -2.37. The van der Waals surface area contributed by atoms with Gasteiger partial charge in [-0.25, -0.2) is 0 Å². The van der Waals surface area contributed by atoms with Crippen molar-refractivity contribution in [3.05, 3.63) is 46.4 Å². The van der Waals surface area contributed by atoms with Crippen LogP contribution in [0.5, 0.6) is 11.5 Å². The zero-order valence-electron chi connectivity index (χ0n) is 13.9. The molecule has 0 aliphatic carbocycles. The molecule has 0 bridgehead atoms. The van der Waals surface area contributed by atoms with Crippen LogP contribution in [-0.2, 0) is 9.59 Å². The maximum absolute atomic E-state index is 12.4. The van der Waals surface area contributed by atoms with Gasteiger partial charge in [-0.15, -0.1) is 0 Å². The summed E-state index contributed by atoms with van der Waals surface area (Å²) in [4.78, 5) is 25.7. The summed E-state index contributed by atoms with van der Waals surface area (Å²) in [6.45, 7) is 2.06. The van der Waals surface area contributed by atoms with Gasteiger partial charge in [-0.2, -0.15) is 0 Å². The van der Waals surface area contributed by atoms with Gasteiger partial charge in [0.25, 0.3) is 0 Å². The van der Waals surface area contributed by atoms with Crippen molar-refractivity contribution >= 4 is 46.4 Å². The van der Waals surface area contributed by atoms with E-state index in [0.717, 1.165) is 0 Å². The first-order valence-corrected chi connectivity index (χ1v) is 8.63. The van der Waals surface area contributed by atoms with Crippen LogP contribution < -0.4 is 19.7 Å². The van der Waals surface area contributed by atoms with E-state index in [-0.39, 0.29) is 12.5 Å². The number of hydrogen-bond donors (Lipinski definition) is 1. The summed E-state index contributed by atoms with van der Waals surface area (Å²) in [6, 6.07) is 9.98. The zero-order chi connectivity index (χ0) is 18.7. The molecule has 1 aliphatic rings. The molecule has 26 heavy (non-hydrogen) atoms. The smallest absolute Gasteiger partial charge is 0.244 e.